The van der Waals surface area contributed by atoms with Crippen LogP contribution >= 0.6 is 11.8 Å². The van der Waals surface area contributed by atoms with E-state index in [4.69, 9.17) is 4.74 Å². The molecule has 2 aliphatic heterocycles. The van der Waals surface area contributed by atoms with Gasteiger partial charge in [-0.1, -0.05) is 11.8 Å². The number of rotatable bonds is 5. The molecule has 2 fully saturated rings. The average Bonchev–Trinajstić information content (AvgIpc) is 2.80. The van der Waals surface area contributed by atoms with Gasteiger partial charge in [0.15, 0.2) is 0 Å². The summed E-state index contributed by atoms with van der Waals surface area (Å²) in [6.07, 6.45) is 0. The smallest absolute Gasteiger partial charge is 0.289 e. The van der Waals surface area contributed by atoms with Crippen LogP contribution in [0, 0.1) is 6.92 Å². The summed E-state index contributed by atoms with van der Waals surface area (Å²) in [4.78, 5) is 24.7. The third kappa shape index (κ3) is 2.91. The van der Waals surface area contributed by atoms with E-state index in [1.54, 1.807) is 19.1 Å². The van der Waals surface area contributed by atoms with Crippen molar-refractivity contribution >= 4 is 32.9 Å². The van der Waals surface area contributed by atoms with Crippen molar-refractivity contribution in [3.8, 4) is 5.75 Å². The summed E-state index contributed by atoms with van der Waals surface area (Å²) in [5.74, 6) is 0.548. The van der Waals surface area contributed by atoms with E-state index in [-0.39, 0.29) is 40.9 Å². The molecule has 130 valence electrons. The van der Waals surface area contributed by atoms with Crippen LogP contribution in [0.2, 0.25) is 0 Å². The number of amides is 2. The molecule has 0 N–H and O–H groups in total. The number of benzene rings is 1. The topological polar surface area (TPSA) is 84.0 Å². The predicted octanol–water partition coefficient (Wildman–Crippen LogP) is 1.46. The first kappa shape index (κ1) is 17.2. The molecule has 2 amide bonds. The number of aryl methyl sites for hydroxylation is 1. The predicted molar refractivity (Wildman–Crippen MR) is 89.6 cm³/mol. The molecule has 9 heteroatoms. The van der Waals surface area contributed by atoms with Gasteiger partial charge in [-0.3, -0.25) is 14.5 Å². The standard InChI is InChI=1S/C15H18N2O5S2/c1-3-22-13-5-4-12(6-10(13)2)24(20,21)16-7-11(8-16)17-14(18)9-23-15(17)19/h4-6,11H,3,7-9H2,1-2H3. The molecule has 0 unspecified atom stereocenters. The highest BCUT2D eigenvalue weighted by Crippen LogP contribution is 2.31. The van der Waals surface area contributed by atoms with Crippen molar-refractivity contribution in [3.05, 3.63) is 23.8 Å². The molecule has 0 saturated carbocycles. The summed E-state index contributed by atoms with van der Waals surface area (Å²) >= 11 is 0.960. The highest BCUT2D eigenvalue weighted by Gasteiger charge is 2.45. The minimum absolute atomic E-state index is 0.139. The summed E-state index contributed by atoms with van der Waals surface area (Å²) in [6, 6.07) is 4.38. The third-order valence-corrected chi connectivity index (χ3v) is 6.73. The van der Waals surface area contributed by atoms with Crippen molar-refractivity contribution in [1.29, 1.82) is 0 Å². The Hall–Kier alpha value is -1.58. The second-order valence-electron chi connectivity index (χ2n) is 5.65. The third-order valence-electron chi connectivity index (χ3n) is 4.06. The Bertz CT molecular complexity index is 771. The van der Waals surface area contributed by atoms with E-state index in [2.05, 4.69) is 0 Å². The number of sulfonamides is 1. The number of imide groups is 1. The van der Waals surface area contributed by atoms with Crippen LogP contribution in [0.1, 0.15) is 12.5 Å². The second-order valence-corrected chi connectivity index (χ2v) is 8.52. The lowest BCUT2D eigenvalue weighted by Crippen LogP contribution is -2.61. The van der Waals surface area contributed by atoms with E-state index >= 15 is 0 Å². The monoisotopic (exact) mass is 370 g/mol. The molecule has 0 aromatic heterocycles. The Kier molecular flexibility index (Phi) is 4.58. The second kappa shape index (κ2) is 6.38. The molecular weight excluding hydrogens is 352 g/mol. The number of nitrogens with zero attached hydrogens (tertiary/aromatic N) is 2. The largest absolute Gasteiger partial charge is 0.494 e. The van der Waals surface area contributed by atoms with Crippen LogP contribution in [0.5, 0.6) is 5.75 Å². The van der Waals surface area contributed by atoms with E-state index in [0.717, 1.165) is 17.3 Å². The van der Waals surface area contributed by atoms with Crippen LogP contribution in [-0.2, 0) is 14.8 Å². The van der Waals surface area contributed by atoms with Gasteiger partial charge in [-0.15, -0.1) is 0 Å². The first-order valence-electron chi connectivity index (χ1n) is 7.57. The van der Waals surface area contributed by atoms with Gasteiger partial charge in [-0.2, -0.15) is 4.31 Å². The van der Waals surface area contributed by atoms with Gasteiger partial charge in [0.1, 0.15) is 5.75 Å². The Morgan fingerprint density at radius 2 is 2.00 bits per heavy atom. The van der Waals surface area contributed by atoms with E-state index in [1.807, 2.05) is 6.92 Å². The lowest BCUT2D eigenvalue weighted by Gasteiger charge is -2.41. The number of thioether (sulfide) groups is 1. The fourth-order valence-electron chi connectivity index (χ4n) is 2.74. The molecule has 0 spiro atoms. The van der Waals surface area contributed by atoms with Gasteiger partial charge in [0.25, 0.3) is 5.24 Å². The number of carbonyl (C=O) groups excluding carboxylic acids is 2. The van der Waals surface area contributed by atoms with Crippen LogP contribution in [0.3, 0.4) is 0 Å². The Morgan fingerprint density at radius 3 is 2.54 bits per heavy atom. The van der Waals surface area contributed by atoms with Crippen molar-refractivity contribution in [2.75, 3.05) is 25.4 Å². The molecule has 0 radical (unpaired) electrons. The van der Waals surface area contributed by atoms with Crippen molar-refractivity contribution < 1.29 is 22.7 Å². The van der Waals surface area contributed by atoms with Crippen LogP contribution < -0.4 is 4.74 Å². The number of hydrogen-bond donors (Lipinski definition) is 0. The summed E-state index contributed by atoms with van der Waals surface area (Å²) in [7, 11) is -3.63. The maximum atomic E-state index is 12.7. The van der Waals surface area contributed by atoms with Gasteiger partial charge < -0.3 is 4.74 Å². The van der Waals surface area contributed by atoms with Gasteiger partial charge in [-0.25, -0.2) is 8.42 Å². The van der Waals surface area contributed by atoms with Crippen LogP contribution in [-0.4, -0.2) is 60.3 Å². The molecule has 1 aromatic rings. The van der Waals surface area contributed by atoms with Crippen LogP contribution in [0.15, 0.2) is 23.1 Å². The quantitative estimate of drug-likeness (QED) is 0.780. The zero-order valence-corrected chi connectivity index (χ0v) is 15.0. The van der Waals surface area contributed by atoms with Crippen LogP contribution in [0.4, 0.5) is 4.79 Å². The summed E-state index contributed by atoms with van der Waals surface area (Å²) in [5.41, 5.74) is 0.747. The van der Waals surface area contributed by atoms with Crippen molar-refractivity contribution in [2.24, 2.45) is 0 Å². The molecule has 2 aliphatic rings. The first-order chi connectivity index (χ1) is 11.3. The molecule has 0 bridgehead atoms. The first-order valence-corrected chi connectivity index (χ1v) is 9.99. The van der Waals surface area contributed by atoms with Crippen molar-refractivity contribution in [3.63, 3.8) is 0 Å². The van der Waals surface area contributed by atoms with Gasteiger partial charge >= 0.3 is 0 Å². The SMILES string of the molecule is CCOc1ccc(S(=O)(=O)N2CC(N3C(=O)CSC3=O)C2)cc1C. The Morgan fingerprint density at radius 1 is 1.29 bits per heavy atom. The van der Waals surface area contributed by atoms with E-state index < -0.39 is 10.0 Å². The average molecular weight is 370 g/mol. The minimum Gasteiger partial charge on any atom is -0.494 e. The highest BCUT2D eigenvalue weighted by molar-refractivity contribution is 8.14. The normalized spacial score (nSPS) is 19.7. The number of ether oxygens (including phenoxy) is 1. The fraction of sp³-hybridized carbons (Fsp3) is 0.467. The molecule has 2 saturated heterocycles. The molecule has 1 aromatic carbocycles. The molecule has 24 heavy (non-hydrogen) atoms. The summed E-state index contributed by atoms with van der Waals surface area (Å²) in [6.45, 7) is 4.46. The molecule has 0 atom stereocenters. The van der Waals surface area contributed by atoms with Gasteiger partial charge in [0.2, 0.25) is 15.9 Å². The molecule has 2 heterocycles. The lowest BCUT2D eigenvalue weighted by atomic mass is 10.1. The van der Waals surface area contributed by atoms with E-state index in [1.165, 1.54) is 15.3 Å². The summed E-state index contributed by atoms with van der Waals surface area (Å²) < 4.78 is 32.0. The van der Waals surface area contributed by atoms with Gasteiger partial charge in [0.05, 0.1) is 23.3 Å². The zero-order chi connectivity index (χ0) is 17.5. The van der Waals surface area contributed by atoms with E-state index in [0.29, 0.717) is 12.4 Å². The van der Waals surface area contributed by atoms with Gasteiger partial charge in [0, 0.05) is 13.1 Å². The molecular formula is C15H18N2O5S2. The van der Waals surface area contributed by atoms with E-state index in [9.17, 15) is 18.0 Å². The van der Waals surface area contributed by atoms with Gasteiger partial charge in [-0.05, 0) is 37.6 Å². The number of carbonyl (C=O) groups is 2. The minimum atomic E-state index is -3.63. The Labute approximate surface area is 145 Å². The van der Waals surface area contributed by atoms with Crippen molar-refractivity contribution in [2.45, 2.75) is 24.8 Å². The highest BCUT2D eigenvalue weighted by atomic mass is 32.2. The summed E-state index contributed by atoms with van der Waals surface area (Å²) in [5, 5.41) is -0.293. The maximum absolute atomic E-state index is 12.7. The van der Waals surface area contributed by atoms with Crippen molar-refractivity contribution in [1.82, 2.24) is 9.21 Å². The lowest BCUT2D eigenvalue weighted by molar-refractivity contribution is -0.127. The Balaban J connectivity index is 1.73. The zero-order valence-electron chi connectivity index (χ0n) is 13.4. The maximum Gasteiger partial charge on any atom is 0.289 e. The molecule has 0 aliphatic carbocycles. The molecule has 3 rings (SSSR count). The van der Waals surface area contributed by atoms with Crippen LogP contribution in [0.25, 0.3) is 0 Å². The number of hydrogen-bond acceptors (Lipinski definition) is 6. The fourth-order valence-corrected chi connectivity index (χ4v) is 5.12. The molecule has 7 nitrogen and oxygen atoms in total.